The SMILES string of the molecule is N#Cc1ccc(OCC(=O)NCCNc2ccc(C(F)(F)F)cc2[N+](=O)[O-])cc1. The van der Waals surface area contributed by atoms with Crippen molar-refractivity contribution in [2.24, 2.45) is 0 Å². The van der Waals surface area contributed by atoms with E-state index < -0.39 is 28.3 Å². The first-order chi connectivity index (χ1) is 13.7. The first-order valence-corrected chi connectivity index (χ1v) is 8.20. The lowest BCUT2D eigenvalue weighted by molar-refractivity contribution is -0.384. The summed E-state index contributed by atoms with van der Waals surface area (Å²) in [6.07, 6.45) is -4.69. The van der Waals surface area contributed by atoms with Crippen LogP contribution in [0.2, 0.25) is 0 Å². The van der Waals surface area contributed by atoms with E-state index in [-0.39, 0.29) is 25.4 Å². The molecule has 0 bridgehead atoms. The number of amides is 1. The van der Waals surface area contributed by atoms with Crippen molar-refractivity contribution in [3.05, 3.63) is 63.7 Å². The van der Waals surface area contributed by atoms with Gasteiger partial charge in [0, 0.05) is 19.2 Å². The molecule has 2 aromatic carbocycles. The van der Waals surface area contributed by atoms with E-state index in [1.54, 1.807) is 0 Å². The molecule has 0 spiro atoms. The van der Waals surface area contributed by atoms with E-state index in [9.17, 15) is 28.1 Å². The molecule has 0 fully saturated rings. The first-order valence-electron chi connectivity index (χ1n) is 8.20. The highest BCUT2D eigenvalue weighted by Crippen LogP contribution is 2.34. The minimum Gasteiger partial charge on any atom is -0.484 e. The lowest BCUT2D eigenvalue weighted by Gasteiger charge is -2.11. The first kappa shape index (κ1) is 21.5. The van der Waals surface area contributed by atoms with Gasteiger partial charge in [-0.15, -0.1) is 0 Å². The summed E-state index contributed by atoms with van der Waals surface area (Å²) in [6, 6.07) is 10.3. The van der Waals surface area contributed by atoms with Crippen LogP contribution < -0.4 is 15.4 Å². The van der Waals surface area contributed by atoms with Crippen molar-refractivity contribution in [1.82, 2.24) is 5.32 Å². The van der Waals surface area contributed by atoms with Gasteiger partial charge in [-0.2, -0.15) is 18.4 Å². The number of benzene rings is 2. The smallest absolute Gasteiger partial charge is 0.416 e. The lowest BCUT2D eigenvalue weighted by Crippen LogP contribution is -2.32. The van der Waals surface area contributed by atoms with Gasteiger partial charge >= 0.3 is 6.18 Å². The zero-order chi connectivity index (χ0) is 21.4. The Hall–Kier alpha value is -3.81. The number of nitrogens with zero attached hydrogens (tertiary/aromatic N) is 2. The summed E-state index contributed by atoms with van der Waals surface area (Å²) >= 11 is 0. The molecule has 0 saturated heterocycles. The van der Waals surface area contributed by atoms with Crippen molar-refractivity contribution in [3.8, 4) is 11.8 Å². The van der Waals surface area contributed by atoms with Gasteiger partial charge in [0.05, 0.1) is 22.1 Å². The van der Waals surface area contributed by atoms with Crippen molar-refractivity contribution >= 4 is 17.3 Å². The maximum atomic E-state index is 12.7. The van der Waals surface area contributed by atoms with Crippen LogP contribution in [-0.2, 0) is 11.0 Å². The van der Waals surface area contributed by atoms with Gasteiger partial charge in [0.15, 0.2) is 6.61 Å². The molecule has 11 heteroatoms. The van der Waals surface area contributed by atoms with Crippen LogP contribution >= 0.6 is 0 Å². The third kappa shape index (κ3) is 6.39. The molecule has 29 heavy (non-hydrogen) atoms. The van der Waals surface area contributed by atoms with Crippen LogP contribution in [0.4, 0.5) is 24.5 Å². The molecular formula is C18H15F3N4O4. The van der Waals surface area contributed by atoms with Gasteiger partial charge in [0.1, 0.15) is 11.4 Å². The highest BCUT2D eigenvalue weighted by molar-refractivity contribution is 5.77. The minimum atomic E-state index is -4.69. The van der Waals surface area contributed by atoms with Crippen LogP contribution in [-0.4, -0.2) is 30.5 Å². The number of rotatable bonds is 8. The van der Waals surface area contributed by atoms with E-state index in [2.05, 4.69) is 10.6 Å². The monoisotopic (exact) mass is 408 g/mol. The van der Waals surface area contributed by atoms with Crippen molar-refractivity contribution in [1.29, 1.82) is 5.26 Å². The van der Waals surface area contributed by atoms with Crippen LogP contribution in [0.5, 0.6) is 5.75 Å². The van der Waals surface area contributed by atoms with Crippen molar-refractivity contribution < 1.29 is 27.6 Å². The van der Waals surface area contributed by atoms with Crippen LogP contribution in [0.25, 0.3) is 0 Å². The van der Waals surface area contributed by atoms with Gasteiger partial charge in [0.2, 0.25) is 0 Å². The maximum Gasteiger partial charge on any atom is 0.416 e. The molecule has 0 aliphatic rings. The van der Waals surface area contributed by atoms with Crippen LogP contribution in [0.3, 0.4) is 0 Å². The molecule has 152 valence electrons. The van der Waals surface area contributed by atoms with E-state index >= 15 is 0 Å². The average molecular weight is 408 g/mol. The number of anilines is 1. The van der Waals surface area contributed by atoms with Crippen molar-refractivity contribution in [2.75, 3.05) is 25.0 Å². The summed E-state index contributed by atoms with van der Waals surface area (Å²) in [6.45, 7) is -0.172. The fourth-order valence-electron chi connectivity index (χ4n) is 2.23. The number of halogens is 3. The number of carbonyl (C=O) groups is 1. The maximum absolute atomic E-state index is 12.7. The van der Waals surface area contributed by atoms with E-state index in [0.29, 0.717) is 17.4 Å². The molecule has 0 aromatic heterocycles. The normalized spacial score (nSPS) is 10.7. The predicted octanol–water partition coefficient (Wildman–Crippen LogP) is 3.09. The Kier molecular flexibility index (Phi) is 6.97. The molecule has 0 heterocycles. The second-order valence-electron chi connectivity index (χ2n) is 5.69. The largest absolute Gasteiger partial charge is 0.484 e. The van der Waals surface area contributed by atoms with Crippen LogP contribution in [0.15, 0.2) is 42.5 Å². The molecule has 0 unspecified atom stereocenters. The van der Waals surface area contributed by atoms with Crippen LogP contribution in [0, 0.1) is 21.4 Å². The van der Waals surface area contributed by atoms with Gasteiger partial charge in [0.25, 0.3) is 11.6 Å². The molecule has 2 rings (SSSR count). The molecule has 0 radical (unpaired) electrons. The number of ether oxygens (including phenoxy) is 1. The summed E-state index contributed by atoms with van der Waals surface area (Å²) in [5.41, 5.74) is -1.48. The molecule has 0 aliphatic carbocycles. The Morgan fingerprint density at radius 3 is 2.45 bits per heavy atom. The quantitative estimate of drug-likeness (QED) is 0.394. The number of hydrogen-bond donors (Lipinski definition) is 2. The number of alkyl halides is 3. The zero-order valence-electron chi connectivity index (χ0n) is 14.8. The fourth-order valence-corrected chi connectivity index (χ4v) is 2.23. The molecule has 2 N–H and O–H groups in total. The summed E-state index contributed by atoms with van der Waals surface area (Å²) in [5.74, 6) is -0.0595. The molecule has 1 amide bonds. The Morgan fingerprint density at radius 1 is 1.17 bits per heavy atom. The minimum absolute atomic E-state index is 0.0504. The standard InChI is InChI=1S/C18H15F3N4O4/c19-18(20,21)13-3-6-15(16(9-13)25(27)28)23-7-8-24-17(26)11-29-14-4-1-12(10-22)2-5-14/h1-6,9,23H,7-8,11H2,(H,24,26). The van der Waals surface area contributed by atoms with E-state index in [4.69, 9.17) is 10.00 Å². The third-order valence-corrected chi connectivity index (χ3v) is 3.64. The van der Waals surface area contributed by atoms with Crippen molar-refractivity contribution in [3.63, 3.8) is 0 Å². The number of nitro groups is 1. The van der Waals surface area contributed by atoms with Crippen molar-refractivity contribution in [2.45, 2.75) is 6.18 Å². The number of nitriles is 1. The second-order valence-corrected chi connectivity index (χ2v) is 5.69. The van der Waals surface area contributed by atoms with E-state index in [1.807, 2.05) is 6.07 Å². The predicted molar refractivity (Wildman–Crippen MR) is 96.2 cm³/mol. The third-order valence-electron chi connectivity index (χ3n) is 3.64. The van der Waals surface area contributed by atoms with Crippen LogP contribution in [0.1, 0.15) is 11.1 Å². The fraction of sp³-hybridized carbons (Fsp3) is 0.222. The van der Waals surface area contributed by atoms with Gasteiger partial charge in [-0.1, -0.05) is 0 Å². The molecular weight excluding hydrogens is 393 g/mol. The number of nitro benzene ring substituents is 1. The second kappa shape index (κ2) is 9.41. The Bertz CT molecular complexity index is 924. The summed E-state index contributed by atoms with van der Waals surface area (Å²) < 4.78 is 43.3. The van der Waals surface area contributed by atoms with Gasteiger partial charge in [-0.25, -0.2) is 0 Å². The summed E-state index contributed by atoms with van der Waals surface area (Å²) in [4.78, 5) is 21.8. The Morgan fingerprint density at radius 2 is 1.86 bits per heavy atom. The highest BCUT2D eigenvalue weighted by Gasteiger charge is 2.32. The lowest BCUT2D eigenvalue weighted by atomic mass is 10.1. The summed E-state index contributed by atoms with van der Waals surface area (Å²) in [7, 11) is 0. The topological polar surface area (TPSA) is 117 Å². The average Bonchev–Trinajstić information content (AvgIpc) is 2.69. The highest BCUT2D eigenvalue weighted by atomic mass is 19.4. The van der Waals surface area contributed by atoms with Gasteiger partial charge < -0.3 is 15.4 Å². The Balaban J connectivity index is 1.81. The molecule has 0 aliphatic heterocycles. The zero-order valence-corrected chi connectivity index (χ0v) is 14.8. The number of carbonyl (C=O) groups excluding carboxylic acids is 1. The molecule has 2 aromatic rings. The molecule has 0 saturated carbocycles. The van der Waals surface area contributed by atoms with E-state index in [1.165, 1.54) is 24.3 Å². The van der Waals surface area contributed by atoms with E-state index in [0.717, 1.165) is 12.1 Å². The van der Waals surface area contributed by atoms with Gasteiger partial charge in [-0.3, -0.25) is 14.9 Å². The van der Waals surface area contributed by atoms with Gasteiger partial charge in [-0.05, 0) is 36.4 Å². The molecule has 0 atom stereocenters. The summed E-state index contributed by atoms with van der Waals surface area (Å²) in [5, 5.41) is 24.8. The number of nitrogens with one attached hydrogen (secondary N) is 2. The Labute approximate surface area is 163 Å². The molecule has 8 nitrogen and oxygen atoms in total. The number of hydrogen-bond acceptors (Lipinski definition) is 6.